The molecule has 0 aromatic carbocycles. The number of hydrogen-bond donors (Lipinski definition) is 3. The van der Waals surface area contributed by atoms with Crippen molar-refractivity contribution in [1.29, 1.82) is 0 Å². The predicted molar refractivity (Wildman–Crippen MR) is 82.4 cm³/mol. The summed E-state index contributed by atoms with van der Waals surface area (Å²) in [4.78, 5) is 10.4. The van der Waals surface area contributed by atoms with Gasteiger partial charge in [0.2, 0.25) is 11.8 Å². The molecule has 0 spiro atoms. The second-order valence-corrected chi connectivity index (χ2v) is 5.30. The van der Waals surface area contributed by atoms with Gasteiger partial charge in [0.25, 0.3) is 0 Å². The minimum absolute atomic E-state index is 0.202. The molecule has 7 nitrogen and oxygen atoms in total. The Bertz CT molecular complexity index is 443. The molecule has 2 rings (SSSR count). The van der Waals surface area contributed by atoms with E-state index in [1.165, 1.54) is 12.8 Å². The van der Waals surface area contributed by atoms with Crippen LogP contribution in [0.2, 0.25) is 0 Å². The molecule has 7 heteroatoms. The van der Waals surface area contributed by atoms with Crippen molar-refractivity contribution in [3.8, 4) is 5.88 Å². The fraction of sp³-hybridized carbons (Fsp3) is 0.714. The van der Waals surface area contributed by atoms with Crippen molar-refractivity contribution in [3.05, 3.63) is 6.07 Å². The van der Waals surface area contributed by atoms with Crippen LogP contribution in [0.15, 0.2) is 6.07 Å². The van der Waals surface area contributed by atoms with E-state index in [-0.39, 0.29) is 12.6 Å². The number of piperidine rings is 1. The number of hydrogen-bond acceptors (Lipinski definition) is 7. The van der Waals surface area contributed by atoms with Crippen molar-refractivity contribution in [2.24, 2.45) is 0 Å². The molecule has 0 amide bonds. The van der Waals surface area contributed by atoms with Gasteiger partial charge in [-0.15, -0.1) is 0 Å². The number of nitrogens with two attached hydrogens (primary N) is 1. The van der Waals surface area contributed by atoms with Gasteiger partial charge in [0.15, 0.2) is 0 Å². The van der Waals surface area contributed by atoms with Crippen LogP contribution in [0.5, 0.6) is 5.88 Å². The monoisotopic (exact) mass is 295 g/mol. The van der Waals surface area contributed by atoms with Gasteiger partial charge in [-0.05, 0) is 25.8 Å². The summed E-state index contributed by atoms with van der Waals surface area (Å²) < 4.78 is 5.06. The number of anilines is 2. The first kappa shape index (κ1) is 15.8. The van der Waals surface area contributed by atoms with E-state index in [1.54, 1.807) is 13.2 Å². The van der Waals surface area contributed by atoms with Gasteiger partial charge in [0.1, 0.15) is 5.82 Å². The maximum atomic E-state index is 9.38. The van der Waals surface area contributed by atoms with E-state index in [9.17, 15) is 5.11 Å². The molecule has 0 bridgehead atoms. The number of aliphatic hydroxyl groups is 1. The molecule has 0 saturated carbocycles. The molecule has 21 heavy (non-hydrogen) atoms. The van der Waals surface area contributed by atoms with Crippen LogP contribution in [-0.4, -0.2) is 59.4 Å². The molecule has 1 saturated heterocycles. The molecule has 118 valence electrons. The molecule has 1 aromatic rings. The fourth-order valence-corrected chi connectivity index (χ4v) is 2.70. The number of nitrogens with one attached hydrogen (secondary N) is 1. The highest BCUT2D eigenvalue weighted by molar-refractivity contribution is 5.42. The third-order valence-electron chi connectivity index (χ3n) is 3.82. The molecule has 0 aliphatic carbocycles. The molecule has 1 aliphatic heterocycles. The number of aromatic nitrogens is 2. The average Bonchev–Trinajstić information content (AvgIpc) is 2.51. The number of ether oxygens (including phenoxy) is 1. The lowest BCUT2D eigenvalue weighted by molar-refractivity contribution is 0.0901. The lowest BCUT2D eigenvalue weighted by Gasteiger charge is -2.34. The number of nitrogen functional groups attached to an aromatic ring is 1. The zero-order valence-electron chi connectivity index (χ0n) is 12.6. The number of methoxy groups -OCH3 is 1. The molecule has 0 radical (unpaired) electrons. The lowest BCUT2D eigenvalue weighted by Crippen LogP contribution is -2.42. The smallest absolute Gasteiger partial charge is 0.225 e. The molecular formula is C14H25N5O2. The number of rotatable bonds is 7. The van der Waals surface area contributed by atoms with Crippen LogP contribution in [0.25, 0.3) is 0 Å². The first-order valence-electron chi connectivity index (χ1n) is 7.50. The number of aliphatic hydroxyl groups excluding tert-OH is 1. The summed E-state index contributed by atoms with van der Waals surface area (Å²) in [5.41, 5.74) is 5.61. The van der Waals surface area contributed by atoms with E-state index in [4.69, 9.17) is 10.5 Å². The maximum absolute atomic E-state index is 9.38. The first-order valence-corrected chi connectivity index (χ1v) is 7.50. The zero-order chi connectivity index (χ0) is 15.1. The van der Waals surface area contributed by atoms with Gasteiger partial charge in [-0.2, -0.15) is 9.97 Å². The van der Waals surface area contributed by atoms with Crippen LogP contribution in [0, 0.1) is 0 Å². The second kappa shape index (κ2) is 7.99. The van der Waals surface area contributed by atoms with E-state index in [0.717, 1.165) is 32.5 Å². The second-order valence-electron chi connectivity index (χ2n) is 5.30. The lowest BCUT2D eigenvalue weighted by atomic mass is 10.0. The van der Waals surface area contributed by atoms with E-state index in [2.05, 4.69) is 20.2 Å². The minimum Gasteiger partial charge on any atom is -0.481 e. The van der Waals surface area contributed by atoms with Crippen LogP contribution in [0.1, 0.15) is 25.7 Å². The minimum atomic E-state index is 0.202. The number of likely N-dealkylation sites (tertiary alicyclic amines) is 1. The van der Waals surface area contributed by atoms with Gasteiger partial charge in [0, 0.05) is 25.2 Å². The highest BCUT2D eigenvalue weighted by Crippen LogP contribution is 2.17. The Labute approximate surface area is 125 Å². The van der Waals surface area contributed by atoms with Crippen molar-refractivity contribution < 1.29 is 9.84 Å². The molecule has 1 fully saturated rings. The van der Waals surface area contributed by atoms with Crippen LogP contribution in [0.4, 0.5) is 11.8 Å². The average molecular weight is 295 g/mol. The zero-order valence-corrected chi connectivity index (χ0v) is 12.6. The van der Waals surface area contributed by atoms with Crippen molar-refractivity contribution in [1.82, 2.24) is 14.9 Å². The standard InChI is InChI=1S/C14H25N5O2/c1-21-13-9-12(17-14(15)18-13)16-6-4-8-19-7-3-2-5-11(19)10-20/h9,11,20H,2-8,10H2,1H3,(H3,15,16,17,18). The van der Waals surface area contributed by atoms with Crippen LogP contribution in [-0.2, 0) is 0 Å². The molecule has 1 aromatic heterocycles. The third-order valence-corrected chi connectivity index (χ3v) is 3.82. The fourth-order valence-electron chi connectivity index (χ4n) is 2.70. The van der Waals surface area contributed by atoms with E-state index >= 15 is 0 Å². The van der Waals surface area contributed by atoms with Crippen molar-refractivity contribution in [2.75, 3.05) is 44.4 Å². The largest absolute Gasteiger partial charge is 0.481 e. The van der Waals surface area contributed by atoms with Crippen LogP contribution >= 0.6 is 0 Å². The van der Waals surface area contributed by atoms with E-state index in [0.29, 0.717) is 17.7 Å². The predicted octanol–water partition coefficient (Wildman–Crippen LogP) is 0.716. The molecule has 2 heterocycles. The van der Waals surface area contributed by atoms with Gasteiger partial charge >= 0.3 is 0 Å². The molecule has 1 atom stereocenters. The summed E-state index contributed by atoms with van der Waals surface area (Å²) in [6.07, 6.45) is 4.54. The maximum Gasteiger partial charge on any atom is 0.225 e. The van der Waals surface area contributed by atoms with Gasteiger partial charge in [-0.25, -0.2) is 0 Å². The van der Waals surface area contributed by atoms with Crippen LogP contribution in [0.3, 0.4) is 0 Å². The topological polar surface area (TPSA) is 96.5 Å². The molecule has 1 aliphatic rings. The third kappa shape index (κ3) is 4.71. The summed E-state index contributed by atoms with van der Waals surface area (Å²) >= 11 is 0. The first-order chi connectivity index (χ1) is 10.2. The van der Waals surface area contributed by atoms with Gasteiger partial charge in [0.05, 0.1) is 13.7 Å². The van der Waals surface area contributed by atoms with Crippen molar-refractivity contribution >= 4 is 11.8 Å². The molecule has 4 N–H and O–H groups in total. The van der Waals surface area contributed by atoms with Gasteiger partial charge in [-0.3, -0.25) is 4.90 Å². The molecular weight excluding hydrogens is 270 g/mol. The normalized spacial score (nSPS) is 19.4. The highest BCUT2D eigenvalue weighted by atomic mass is 16.5. The van der Waals surface area contributed by atoms with Crippen LogP contribution < -0.4 is 15.8 Å². The Morgan fingerprint density at radius 2 is 2.33 bits per heavy atom. The Balaban J connectivity index is 1.75. The van der Waals surface area contributed by atoms with Crippen molar-refractivity contribution in [3.63, 3.8) is 0 Å². The van der Waals surface area contributed by atoms with E-state index < -0.39 is 0 Å². The molecule has 1 unspecified atom stereocenters. The Morgan fingerprint density at radius 3 is 3.10 bits per heavy atom. The van der Waals surface area contributed by atoms with E-state index in [1.807, 2.05) is 0 Å². The summed E-state index contributed by atoms with van der Waals surface area (Å²) in [6.45, 7) is 3.12. The highest BCUT2D eigenvalue weighted by Gasteiger charge is 2.20. The Hall–Kier alpha value is -1.60. The quantitative estimate of drug-likeness (QED) is 0.638. The van der Waals surface area contributed by atoms with Gasteiger partial charge in [-0.1, -0.05) is 6.42 Å². The summed E-state index contributed by atoms with van der Waals surface area (Å²) in [7, 11) is 1.55. The summed E-state index contributed by atoms with van der Waals surface area (Å²) in [5, 5.41) is 12.6. The summed E-state index contributed by atoms with van der Waals surface area (Å²) in [5.74, 6) is 1.34. The van der Waals surface area contributed by atoms with Crippen molar-refractivity contribution in [2.45, 2.75) is 31.7 Å². The van der Waals surface area contributed by atoms with Gasteiger partial charge < -0.3 is 20.9 Å². The Kier molecular flexibility index (Phi) is 6.01. The number of nitrogens with zero attached hydrogens (tertiary/aromatic N) is 3. The summed E-state index contributed by atoms with van der Waals surface area (Å²) in [6, 6.07) is 2.06. The Morgan fingerprint density at radius 1 is 1.48 bits per heavy atom. The SMILES string of the molecule is COc1cc(NCCCN2CCCCC2CO)nc(N)n1.